The van der Waals surface area contributed by atoms with Crippen LogP contribution in [-0.4, -0.2) is 27.8 Å². The Morgan fingerprint density at radius 1 is 1.32 bits per heavy atom. The van der Waals surface area contributed by atoms with E-state index in [2.05, 4.69) is 25.8 Å². The van der Waals surface area contributed by atoms with E-state index in [1.807, 2.05) is 12.1 Å². The van der Waals surface area contributed by atoms with Gasteiger partial charge in [0.25, 0.3) is 0 Å². The molecule has 1 aromatic carbocycles. The number of aliphatic imine (C=N–C) groups is 1. The number of rotatable bonds is 3. The minimum Gasteiger partial charge on any atom is -0.472 e. The molecule has 126 valence electrons. The Morgan fingerprint density at radius 2 is 2.20 bits per heavy atom. The highest BCUT2D eigenvalue weighted by atomic mass is 16.3. The van der Waals surface area contributed by atoms with Gasteiger partial charge in [-0.3, -0.25) is 9.89 Å². The van der Waals surface area contributed by atoms with Crippen molar-refractivity contribution in [3.8, 4) is 0 Å². The van der Waals surface area contributed by atoms with Crippen LogP contribution in [0.3, 0.4) is 0 Å². The van der Waals surface area contributed by atoms with E-state index in [-0.39, 0.29) is 5.91 Å². The predicted molar refractivity (Wildman–Crippen MR) is 91.3 cm³/mol. The lowest BCUT2D eigenvalue weighted by atomic mass is 9.88. The van der Waals surface area contributed by atoms with Gasteiger partial charge in [0.05, 0.1) is 30.3 Å². The lowest BCUT2D eigenvalue weighted by Gasteiger charge is -2.29. The van der Waals surface area contributed by atoms with Crippen LogP contribution in [0.15, 0.2) is 52.4 Å². The molecule has 1 aliphatic rings. The SMILES string of the molecule is CC1=NC(=O)NC(c2ccoc2)C1C(=O)Nc1ccc2[nH]ncc2c1. The van der Waals surface area contributed by atoms with Crippen LogP contribution in [0.1, 0.15) is 18.5 Å². The molecule has 0 saturated carbocycles. The fourth-order valence-corrected chi connectivity index (χ4v) is 3.03. The first-order valence-electron chi connectivity index (χ1n) is 7.73. The third-order valence-corrected chi connectivity index (χ3v) is 4.23. The van der Waals surface area contributed by atoms with E-state index < -0.39 is 18.0 Å². The number of urea groups is 1. The van der Waals surface area contributed by atoms with E-state index in [0.29, 0.717) is 17.0 Å². The highest BCUT2D eigenvalue weighted by Crippen LogP contribution is 2.28. The summed E-state index contributed by atoms with van der Waals surface area (Å²) in [7, 11) is 0. The molecule has 0 radical (unpaired) electrons. The third kappa shape index (κ3) is 2.78. The van der Waals surface area contributed by atoms with Gasteiger partial charge in [0.15, 0.2) is 0 Å². The molecular formula is C17H15N5O3. The number of furan rings is 1. The summed E-state index contributed by atoms with van der Waals surface area (Å²) in [5.74, 6) is -0.884. The summed E-state index contributed by atoms with van der Waals surface area (Å²) < 4.78 is 5.09. The van der Waals surface area contributed by atoms with Gasteiger partial charge in [-0.05, 0) is 31.2 Å². The Hall–Kier alpha value is -3.42. The van der Waals surface area contributed by atoms with Crippen molar-refractivity contribution in [1.29, 1.82) is 0 Å². The number of aromatic amines is 1. The van der Waals surface area contributed by atoms with E-state index in [4.69, 9.17) is 4.42 Å². The van der Waals surface area contributed by atoms with Crippen LogP contribution < -0.4 is 10.6 Å². The maximum atomic E-state index is 12.9. The van der Waals surface area contributed by atoms with E-state index in [1.165, 1.54) is 12.5 Å². The van der Waals surface area contributed by atoms with Gasteiger partial charge in [0, 0.05) is 22.3 Å². The lowest BCUT2D eigenvalue weighted by Crippen LogP contribution is -2.45. The lowest BCUT2D eigenvalue weighted by molar-refractivity contribution is -0.118. The van der Waals surface area contributed by atoms with Crippen molar-refractivity contribution in [2.24, 2.45) is 10.9 Å². The van der Waals surface area contributed by atoms with E-state index >= 15 is 0 Å². The van der Waals surface area contributed by atoms with Crippen LogP contribution >= 0.6 is 0 Å². The predicted octanol–water partition coefficient (Wildman–Crippen LogP) is 2.64. The number of hydrogen-bond donors (Lipinski definition) is 3. The van der Waals surface area contributed by atoms with Gasteiger partial charge in [-0.2, -0.15) is 5.10 Å². The minimum absolute atomic E-state index is 0.254. The van der Waals surface area contributed by atoms with Gasteiger partial charge in [0.1, 0.15) is 5.92 Å². The largest absolute Gasteiger partial charge is 0.472 e. The molecule has 8 nitrogen and oxygen atoms in total. The number of carbonyl (C=O) groups excluding carboxylic acids is 2. The quantitative estimate of drug-likeness (QED) is 0.682. The van der Waals surface area contributed by atoms with Crippen LogP contribution in [-0.2, 0) is 4.79 Å². The summed E-state index contributed by atoms with van der Waals surface area (Å²) in [6.07, 6.45) is 4.71. The number of H-pyrrole nitrogens is 1. The molecule has 1 aliphatic heterocycles. The molecule has 0 spiro atoms. The second-order valence-electron chi connectivity index (χ2n) is 5.88. The number of aromatic nitrogens is 2. The zero-order valence-corrected chi connectivity index (χ0v) is 13.3. The maximum Gasteiger partial charge on any atom is 0.341 e. The van der Waals surface area contributed by atoms with Gasteiger partial charge in [-0.15, -0.1) is 0 Å². The number of carbonyl (C=O) groups is 2. The summed E-state index contributed by atoms with van der Waals surface area (Å²) in [6.45, 7) is 1.68. The van der Waals surface area contributed by atoms with Gasteiger partial charge < -0.3 is 15.1 Å². The Kier molecular flexibility index (Phi) is 3.57. The summed E-state index contributed by atoms with van der Waals surface area (Å²) in [6, 6.07) is 6.20. The molecule has 25 heavy (non-hydrogen) atoms. The Balaban J connectivity index is 1.63. The number of nitrogens with zero attached hydrogens (tertiary/aromatic N) is 2. The topological polar surface area (TPSA) is 112 Å². The fraction of sp³-hybridized carbons (Fsp3) is 0.176. The smallest absolute Gasteiger partial charge is 0.341 e. The minimum atomic E-state index is -0.629. The number of hydrogen-bond acceptors (Lipinski definition) is 4. The molecule has 8 heteroatoms. The summed E-state index contributed by atoms with van der Waals surface area (Å²) in [4.78, 5) is 28.5. The van der Waals surface area contributed by atoms with Crippen molar-refractivity contribution in [1.82, 2.24) is 15.5 Å². The molecule has 0 aliphatic carbocycles. The fourth-order valence-electron chi connectivity index (χ4n) is 3.03. The molecule has 3 heterocycles. The van der Waals surface area contributed by atoms with Crippen LogP contribution in [0.5, 0.6) is 0 Å². The van der Waals surface area contributed by atoms with E-state index in [1.54, 1.807) is 25.3 Å². The van der Waals surface area contributed by atoms with Crippen molar-refractivity contribution in [3.63, 3.8) is 0 Å². The second-order valence-corrected chi connectivity index (χ2v) is 5.88. The van der Waals surface area contributed by atoms with Gasteiger partial charge in [-0.1, -0.05) is 0 Å². The molecule has 0 fully saturated rings. The highest BCUT2D eigenvalue weighted by molar-refractivity contribution is 6.13. The summed E-state index contributed by atoms with van der Waals surface area (Å²) in [5, 5.41) is 13.3. The van der Waals surface area contributed by atoms with Crippen molar-refractivity contribution in [2.45, 2.75) is 13.0 Å². The molecule has 4 rings (SSSR count). The highest BCUT2D eigenvalue weighted by Gasteiger charge is 2.37. The van der Waals surface area contributed by atoms with Crippen LogP contribution in [0, 0.1) is 5.92 Å². The maximum absolute atomic E-state index is 12.9. The first-order valence-corrected chi connectivity index (χ1v) is 7.73. The average Bonchev–Trinajstić information content (AvgIpc) is 3.25. The monoisotopic (exact) mass is 337 g/mol. The zero-order chi connectivity index (χ0) is 17.4. The van der Waals surface area contributed by atoms with Crippen molar-refractivity contribution >= 4 is 34.2 Å². The van der Waals surface area contributed by atoms with Crippen molar-refractivity contribution < 1.29 is 14.0 Å². The molecule has 3 amide bonds. The number of nitrogens with one attached hydrogen (secondary N) is 3. The van der Waals surface area contributed by atoms with Crippen LogP contribution in [0.4, 0.5) is 10.5 Å². The molecule has 0 saturated heterocycles. The number of anilines is 1. The van der Waals surface area contributed by atoms with Gasteiger partial charge in [0.2, 0.25) is 5.91 Å². The first kappa shape index (κ1) is 15.1. The van der Waals surface area contributed by atoms with Crippen molar-refractivity contribution in [2.75, 3.05) is 5.32 Å². The summed E-state index contributed by atoms with van der Waals surface area (Å²) in [5.41, 5.74) is 2.70. The molecule has 2 atom stereocenters. The summed E-state index contributed by atoms with van der Waals surface area (Å²) >= 11 is 0. The Morgan fingerprint density at radius 3 is 3.00 bits per heavy atom. The molecule has 2 aromatic heterocycles. The van der Waals surface area contributed by atoms with Gasteiger partial charge in [-0.25, -0.2) is 9.79 Å². The number of benzene rings is 1. The molecular weight excluding hydrogens is 322 g/mol. The number of amides is 3. The third-order valence-electron chi connectivity index (χ3n) is 4.23. The van der Waals surface area contributed by atoms with Crippen molar-refractivity contribution in [3.05, 3.63) is 48.6 Å². The van der Waals surface area contributed by atoms with Crippen LogP contribution in [0.2, 0.25) is 0 Å². The Labute approximate surface area is 142 Å². The average molecular weight is 337 g/mol. The first-order chi connectivity index (χ1) is 12.1. The van der Waals surface area contributed by atoms with Gasteiger partial charge >= 0.3 is 6.03 Å². The normalized spacial score (nSPS) is 20.2. The molecule has 0 bridgehead atoms. The zero-order valence-electron chi connectivity index (χ0n) is 13.3. The van der Waals surface area contributed by atoms with Crippen LogP contribution in [0.25, 0.3) is 10.9 Å². The molecule has 3 N–H and O–H groups in total. The Bertz CT molecular complexity index is 973. The second kappa shape index (κ2) is 5.90. The number of fused-ring (bicyclic) bond motifs is 1. The van der Waals surface area contributed by atoms with E-state index in [9.17, 15) is 9.59 Å². The molecule has 2 unspecified atom stereocenters. The van der Waals surface area contributed by atoms with E-state index in [0.717, 1.165) is 10.9 Å². The molecule has 3 aromatic rings. The standard InChI is InChI=1S/C17H15N5O3/c1-9-14(15(21-17(24)19-9)10-4-5-25-8-10)16(23)20-12-2-3-13-11(6-12)7-18-22-13/h2-8,14-15H,1H3,(H,18,22)(H,20,23)(H,21,24).